The Bertz CT molecular complexity index is 653. The van der Waals surface area contributed by atoms with Crippen LogP contribution in [0.25, 0.3) is 0 Å². The van der Waals surface area contributed by atoms with E-state index in [4.69, 9.17) is 4.42 Å². The lowest BCUT2D eigenvalue weighted by atomic mass is 10.2. The smallest absolute Gasteiger partial charge is 0.273 e. The fourth-order valence-corrected chi connectivity index (χ4v) is 2.71. The molecular formula is C16H18N2O3S. The first-order valence-electron chi connectivity index (χ1n) is 6.84. The van der Waals surface area contributed by atoms with Crippen LogP contribution in [0.4, 0.5) is 0 Å². The summed E-state index contributed by atoms with van der Waals surface area (Å²) in [5.74, 6) is 1.60. The van der Waals surface area contributed by atoms with Crippen LogP contribution in [-0.2, 0) is 10.5 Å². The van der Waals surface area contributed by atoms with Crippen molar-refractivity contribution in [2.75, 3.05) is 5.75 Å². The summed E-state index contributed by atoms with van der Waals surface area (Å²) >= 11 is 1.49. The van der Waals surface area contributed by atoms with Gasteiger partial charge < -0.3 is 4.42 Å². The second kappa shape index (κ2) is 7.70. The Morgan fingerprint density at radius 2 is 1.86 bits per heavy atom. The number of rotatable bonds is 5. The van der Waals surface area contributed by atoms with Crippen molar-refractivity contribution in [2.24, 2.45) is 0 Å². The van der Waals surface area contributed by atoms with E-state index in [0.29, 0.717) is 17.1 Å². The highest BCUT2D eigenvalue weighted by Gasteiger charge is 2.13. The van der Waals surface area contributed by atoms with Gasteiger partial charge in [-0.05, 0) is 25.5 Å². The number of furan rings is 1. The van der Waals surface area contributed by atoms with Gasteiger partial charge in [0.25, 0.3) is 5.91 Å². The number of aryl methyl sites for hydroxylation is 2. The number of hydrogen-bond donors (Lipinski definition) is 2. The van der Waals surface area contributed by atoms with Gasteiger partial charge in [-0.2, -0.15) is 0 Å². The lowest BCUT2D eigenvalue weighted by molar-refractivity contribution is -0.119. The summed E-state index contributed by atoms with van der Waals surface area (Å²) in [4.78, 5) is 23.6. The van der Waals surface area contributed by atoms with Crippen LogP contribution in [0.15, 0.2) is 40.8 Å². The Hall–Kier alpha value is -2.21. The molecule has 2 amide bonds. The van der Waals surface area contributed by atoms with Gasteiger partial charge in [-0.15, -0.1) is 11.8 Å². The highest BCUT2D eigenvalue weighted by Crippen LogP contribution is 2.13. The molecule has 0 saturated heterocycles. The maximum Gasteiger partial charge on any atom is 0.273 e. The first kappa shape index (κ1) is 16.2. The van der Waals surface area contributed by atoms with Crippen molar-refractivity contribution in [1.29, 1.82) is 0 Å². The first-order chi connectivity index (χ1) is 10.6. The molecule has 0 unspecified atom stereocenters. The summed E-state index contributed by atoms with van der Waals surface area (Å²) in [6, 6.07) is 11.5. The van der Waals surface area contributed by atoms with Crippen LogP contribution in [0.2, 0.25) is 0 Å². The summed E-state index contributed by atoms with van der Waals surface area (Å²) < 4.78 is 5.28. The number of nitrogens with one attached hydrogen (secondary N) is 2. The van der Waals surface area contributed by atoms with Gasteiger partial charge in [0.1, 0.15) is 11.5 Å². The molecule has 5 nitrogen and oxygen atoms in total. The van der Waals surface area contributed by atoms with E-state index in [2.05, 4.69) is 10.9 Å². The molecule has 0 aliphatic carbocycles. The topological polar surface area (TPSA) is 71.3 Å². The maximum atomic E-state index is 11.9. The van der Waals surface area contributed by atoms with Gasteiger partial charge in [0.05, 0.1) is 11.3 Å². The highest BCUT2D eigenvalue weighted by atomic mass is 32.2. The number of benzene rings is 1. The molecule has 6 heteroatoms. The van der Waals surface area contributed by atoms with Crippen molar-refractivity contribution in [3.63, 3.8) is 0 Å². The van der Waals surface area contributed by atoms with Crippen molar-refractivity contribution in [2.45, 2.75) is 19.6 Å². The van der Waals surface area contributed by atoms with Crippen LogP contribution in [0, 0.1) is 13.8 Å². The molecule has 1 aromatic carbocycles. The van der Waals surface area contributed by atoms with Crippen molar-refractivity contribution >= 4 is 23.6 Å². The zero-order valence-electron chi connectivity index (χ0n) is 12.5. The lowest BCUT2D eigenvalue weighted by Crippen LogP contribution is -2.42. The molecule has 1 aromatic heterocycles. The van der Waals surface area contributed by atoms with E-state index in [1.165, 1.54) is 11.8 Å². The second-order valence-corrected chi connectivity index (χ2v) is 5.79. The normalized spacial score (nSPS) is 10.3. The minimum Gasteiger partial charge on any atom is -0.466 e. The Morgan fingerprint density at radius 3 is 2.50 bits per heavy atom. The standard InChI is InChI=1S/C16H18N2O3S/c1-11-8-14(12(2)21-11)16(20)18-17-15(19)10-22-9-13-6-4-3-5-7-13/h3-8H,9-10H2,1-2H3,(H,17,19)(H,18,20). The van der Waals surface area contributed by atoms with Gasteiger partial charge >= 0.3 is 0 Å². The van der Waals surface area contributed by atoms with Gasteiger partial charge in [0.2, 0.25) is 5.91 Å². The van der Waals surface area contributed by atoms with Crippen LogP contribution in [-0.4, -0.2) is 17.6 Å². The average molecular weight is 318 g/mol. The van der Waals surface area contributed by atoms with E-state index in [9.17, 15) is 9.59 Å². The Kier molecular flexibility index (Phi) is 5.66. The quantitative estimate of drug-likeness (QED) is 0.831. The predicted molar refractivity (Wildman–Crippen MR) is 86.4 cm³/mol. The van der Waals surface area contributed by atoms with Crippen LogP contribution >= 0.6 is 11.8 Å². The molecule has 2 aromatic rings. The maximum absolute atomic E-state index is 11.9. The van der Waals surface area contributed by atoms with Crippen molar-refractivity contribution in [1.82, 2.24) is 10.9 Å². The third-order valence-corrected chi connectivity index (χ3v) is 3.95. The molecule has 0 bridgehead atoms. The lowest BCUT2D eigenvalue weighted by Gasteiger charge is -2.06. The predicted octanol–water partition coefficient (Wildman–Crippen LogP) is 2.59. The monoisotopic (exact) mass is 318 g/mol. The molecule has 0 aliphatic rings. The number of carbonyl (C=O) groups is 2. The molecule has 0 saturated carbocycles. The van der Waals surface area contributed by atoms with E-state index < -0.39 is 0 Å². The summed E-state index contributed by atoms with van der Waals surface area (Å²) in [6.45, 7) is 3.47. The van der Waals surface area contributed by atoms with E-state index in [0.717, 1.165) is 11.3 Å². The van der Waals surface area contributed by atoms with Gasteiger partial charge in [-0.3, -0.25) is 20.4 Å². The van der Waals surface area contributed by atoms with Crippen LogP contribution < -0.4 is 10.9 Å². The zero-order valence-corrected chi connectivity index (χ0v) is 13.3. The number of hydrogen-bond acceptors (Lipinski definition) is 4. The van der Waals surface area contributed by atoms with Gasteiger partial charge in [0, 0.05) is 5.75 Å². The largest absolute Gasteiger partial charge is 0.466 e. The Labute approximate surface area is 133 Å². The summed E-state index contributed by atoms with van der Waals surface area (Å²) in [5, 5.41) is 0. The Balaban J connectivity index is 1.71. The first-order valence-corrected chi connectivity index (χ1v) is 7.99. The SMILES string of the molecule is Cc1cc(C(=O)NNC(=O)CSCc2ccccc2)c(C)o1. The van der Waals surface area contributed by atoms with E-state index in [1.807, 2.05) is 30.3 Å². The molecule has 0 spiro atoms. The summed E-state index contributed by atoms with van der Waals surface area (Å²) in [7, 11) is 0. The third-order valence-electron chi connectivity index (χ3n) is 2.95. The van der Waals surface area contributed by atoms with Crippen LogP contribution in [0.1, 0.15) is 27.4 Å². The minimum atomic E-state index is -0.379. The summed E-state index contributed by atoms with van der Waals surface area (Å²) in [6.07, 6.45) is 0. The van der Waals surface area contributed by atoms with Crippen molar-refractivity contribution in [3.8, 4) is 0 Å². The highest BCUT2D eigenvalue weighted by molar-refractivity contribution is 7.99. The van der Waals surface area contributed by atoms with E-state index in [1.54, 1.807) is 19.9 Å². The molecule has 0 atom stereocenters. The molecule has 2 N–H and O–H groups in total. The molecule has 0 radical (unpaired) electrons. The summed E-state index contributed by atoms with van der Waals surface area (Å²) in [5.41, 5.74) is 6.38. The van der Waals surface area contributed by atoms with Gasteiger partial charge in [-0.1, -0.05) is 30.3 Å². The number of carbonyl (C=O) groups excluding carboxylic acids is 2. The van der Waals surface area contributed by atoms with Crippen molar-refractivity contribution in [3.05, 3.63) is 59.0 Å². The van der Waals surface area contributed by atoms with Crippen molar-refractivity contribution < 1.29 is 14.0 Å². The fraction of sp³-hybridized carbons (Fsp3) is 0.250. The number of amides is 2. The third kappa shape index (κ3) is 4.66. The molecule has 2 rings (SSSR count). The molecule has 116 valence electrons. The fourth-order valence-electron chi connectivity index (χ4n) is 1.92. The molecule has 0 aliphatic heterocycles. The Morgan fingerprint density at radius 1 is 1.14 bits per heavy atom. The van der Waals surface area contributed by atoms with Gasteiger partial charge in [0.15, 0.2) is 0 Å². The molecule has 1 heterocycles. The number of thioether (sulfide) groups is 1. The molecular weight excluding hydrogens is 300 g/mol. The van der Waals surface area contributed by atoms with Gasteiger partial charge in [-0.25, -0.2) is 0 Å². The molecule has 0 fully saturated rings. The van der Waals surface area contributed by atoms with E-state index >= 15 is 0 Å². The van der Waals surface area contributed by atoms with E-state index in [-0.39, 0.29) is 17.6 Å². The van der Waals surface area contributed by atoms with Crippen LogP contribution in [0.3, 0.4) is 0 Å². The second-order valence-electron chi connectivity index (χ2n) is 4.81. The zero-order chi connectivity index (χ0) is 15.9. The molecule has 22 heavy (non-hydrogen) atoms. The average Bonchev–Trinajstić information content (AvgIpc) is 2.84. The van der Waals surface area contributed by atoms with Crippen LogP contribution in [0.5, 0.6) is 0 Å². The number of hydrazine groups is 1. The minimum absolute atomic E-state index is 0.243.